The van der Waals surface area contributed by atoms with E-state index in [0.29, 0.717) is 5.69 Å². The first-order chi connectivity index (χ1) is 8.56. The molecule has 1 aromatic carbocycles. The molecule has 1 amide bonds. The smallest absolute Gasteiger partial charge is 0.335 e. The number of likely N-dealkylation sites (tertiary alicyclic amines) is 1. The molecule has 1 fully saturated rings. The molecule has 0 aromatic heterocycles. The Labute approximate surface area is 105 Å². The Hall–Kier alpha value is -1.88. The third-order valence-corrected chi connectivity index (χ3v) is 3.16. The Balaban J connectivity index is 1.97. The third kappa shape index (κ3) is 2.87. The quantitative estimate of drug-likeness (QED) is 0.845. The molecule has 18 heavy (non-hydrogen) atoms. The molecule has 0 aliphatic carbocycles. The number of aromatic carboxylic acids is 1. The van der Waals surface area contributed by atoms with Crippen LogP contribution in [0.2, 0.25) is 0 Å². The molecule has 96 valence electrons. The molecule has 1 unspecified atom stereocenters. The van der Waals surface area contributed by atoms with Gasteiger partial charge >= 0.3 is 5.97 Å². The van der Waals surface area contributed by atoms with Gasteiger partial charge in [-0.05, 0) is 44.3 Å². The minimum absolute atomic E-state index is 0.00225. The lowest BCUT2D eigenvalue weighted by Crippen LogP contribution is -2.25. The molecular formula is C13H16N2O3. The molecule has 0 saturated carbocycles. The number of carboxylic acids is 1. The van der Waals surface area contributed by atoms with E-state index >= 15 is 0 Å². The topological polar surface area (TPSA) is 69.6 Å². The van der Waals surface area contributed by atoms with Gasteiger partial charge in [0.2, 0.25) is 5.91 Å². The van der Waals surface area contributed by atoms with Gasteiger partial charge in [-0.15, -0.1) is 0 Å². The Bertz CT molecular complexity index is 456. The van der Waals surface area contributed by atoms with Crippen molar-refractivity contribution in [2.24, 2.45) is 5.92 Å². The van der Waals surface area contributed by atoms with E-state index in [0.717, 1.165) is 19.5 Å². The summed E-state index contributed by atoms with van der Waals surface area (Å²) in [5.41, 5.74) is 0.855. The van der Waals surface area contributed by atoms with Gasteiger partial charge in [0.25, 0.3) is 0 Å². The van der Waals surface area contributed by atoms with Gasteiger partial charge in [-0.1, -0.05) is 0 Å². The van der Waals surface area contributed by atoms with Crippen LogP contribution in [0.25, 0.3) is 0 Å². The second kappa shape index (κ2) is 5.18. The van der Waals surface area contributed by atoms with Gasteiger partial charge in [-0.25, -0.2) is 4.79 Å². The summed E-state index contributed by atoms with van der Waals surface area (Å²) in [5, 5.41) is 11.6. The Morgan fingerprint density at radius 3 is 2.50 bits per heavy atom. The fraction of sp³-hybridized carbons (Fsp3) is 0.385. The van der Waals surface area contributed by atoms with Gasteiger partial charge < -0.3 is 15.3 Å². The highest BCUT2D eigenvalue weighted by molar-refractivity contribution is 5.94. The van der Waals surface area contributed by atoms with Crippen molar-refractivity contribution in [3.8, 4) is 0 Å². The molecule has 1 saturated heterocycles. The summed E-state index contributed by atoms with van der Waals surface area (Å²) in [4.78, 5) is 24.7. The highest BCUT2D eigenvalue weighted by Gasteiger charge is 2.25. The largest absolute Gasteiger partial charge is 0.478 e. The summed E-state index contributed by atoms with van der Waals surface area (Å²) in [6.07, 6.45) is 0.871. The van der Waals surface area contributed by atoms with Crippen molar-refractivity contribution < 1.29 is 14.7 Å². The highest BCUT2D eigenvalue weighted by atomic mass is 16.4. The summed E-state index contributed by atoms with van der Waals surface area (Å²) in [7, 11) is 1.99. The van der Waals surface area contributed by atoms with Gasteiger partial charge in [0.15, 0.2) is 0 Å². The molecule has 0 radical (unpaired) electrons. The van der Waals surface area contributed by atoms with Crippen LogP contribution in [0.5, 0.6) is 0 Å². The molecule has 1 aromatic rings. The zero-order valence-corrected chi connectivity index (χ0v) is 10.2. The average molecular weight is 248 g/mol. The van der Waals surface area contributed by atoms with Gasteiger partial charge in [0.05, 0.1) is 11.5 Å². The lowest BCUT2D eigenvalue weighted by atomic mass is 10.1. The van der Waals surface area contributed by atoms with Crippen LogP contribution in [0.4, 0.5) is 5.69 Å². The zero-order valence-electron chi connectivity index (χ0n) is 10.2. The molecule has 0 bridgehead atoms. The number of carbonyl (C=O) groups excluding carboxylic acids is 1. The number of benzene rings is 1. The standard InChI is InChI=1S/C13H16N2O3/c1-15-7-6-10(8-15)12(16)14-11-4-2-9(3-5-11)13(17)18/h2-5,10H,6-8H2,1H3,(H,14,16)(H,17,18). The molecule has 1 aliphatic rings. The lowest BCUT2D eigenvalue weighted by molar-refractivity contribution is -0.119. The summed E-state index contributed by atoms with van der Waals surface area (Å²) in [6.45, 7) is 1.72. The van der Waals surface area contributed by atoms with Crippen LogP contribution in [-0.2, 0) is 4.79 Å². The van der Waals surface area contributed by atoms with Crippen LogP contribution < -0.4 is 5.32 Å². The number of amides is 1. The predicted molar refractivity (Wildman–Crippen MR) is 67.6 cm³/mol. The molecule has 0 spiro atoms. The fourth-order valence-electron chi connectivity index (χ4n) is 2.09. The van der Waals surface area contributed by atoms with Crippen molar-refractivity contribution in [3.05, 3.63) is 29.8 Å². The Kier molecular flexibility index (Phi) is 3.62. The van der Waals surface area contributed by atoms with Crippen LogP contribution in [0.3, 0.4) is 0 Å². The monoisotopic (exact) mass is 248 g/mol. The number of hydrogen-bond donors (Lipinski definition) is 2. The van der Waals surface area contributed by atoms with Crippen LogP contribution >= 0.6 is 0 Å². The molecular weight excluding hydrogens is 232 g/mol. The average Bonchev–Trinajstić information content (AvgIpc) is 2.76. The van der Waals surface area contributed by atoms with E-state index in [1.165, 1.54) is 12.1 Å². The first-order valence-electron chi connectivity index (χ1n) is 5.89. The highest BCUT2D eigenvalue weighted by Crippen LogP contribution is 2.17. The first kappa shape index (κ1) is 12.6. The number of carbonyl (C=O) groups is 2. The lowest BCUT2D eigenvalue weighted by Gasteiger charge is -2.11. The van der Waals surface area contributed by atoms with E-state index in [-0.39, 0.29) is 17.4 Å². The Morgan fingerprint density at radius 1 is 1.33 bits per heavy atom. The maximum atomic E-state index is 11.9. The van der Waals surface area contributed by atoms with Crippen LogP contribution in [0.15, 0.2) is 24.3 Å². The molecule has 1 aliphatic heterocycles. The number of anilines is 1. The van der Waals surface area contributed by atoms with Crippen LogP contribution in [0, 0.1) is 5.92 Å². The maximum absolute atomic E-state index is 11.9. The van der Waals surface area contributed by atoms with Crippen molar-refractivity contribution in [1.82, 2.24) is 4.90 Å². The molecule has 1 atom stereocenters. The summed E-state index contributed by atoms with van der Waals surface area (Å²) < 4.78 is 0. The van der Waals surface area contributed by atoms with E-state index in [1.807, 2.05) is 7.05 Å². The van der Waals surface area contributed by atoms with Crippen molar-refractivity contribution in [2.45, 2.75) is 6.42 Å². The predicted octanol–water partition coefficient (Wildman–Crippen LogP) is 1.28. The summed E-state index contributed by atoms with van der Waals surface area (Å²) in [6, 6.07) is 6.19. The van der Waals surface area contributed by atoms with Gasteiger partial charge in [-0.2, -0.15) is 0 Å². The van der Waals surface area contributed by atoms with Crippen LogP contribution in [0.1, 0.15) is 16.8 Å². The minimum atomic E-state index is -0.967. The third-order valence-electron chi connectivity index (χ3n) is 3.16. The first-order valence-corrected chi connectivity index (χ1v) is 5.89. The van der Waals surface area contributed by atoms with Crippen molar-refractivity contribution >= 4 is 17.6 Å². The number of nitrogens with zero attached hydrogens (tertiary/aromatic N) is 1. The number of hydrogen-bond acceptors (Lipinski definition) is 3. The van der Waals surface area contributed by atoms with Gasteiger partial charge in [0.1, 0.15) is 0 Å². The normalized spacial score (nSPS) is 19.7. The Morgan fingerprint density at radius 2 is 2.00 bits per heavy atom. The van der Waals surface area contributed by atoms with E-state index in [4.69, 9.17) is 5.11 Å². The van der Waals surface area contributed by atoms with Crippen molar-refractivity contribution in [1.29, 1.82) is 0 Å². The molecule has 2 rings (SSSR count). The van der Waals surface area contributed by atoms with E-state index in [9.17, 15) is 9.59 Å². The second-order valence-electron chi connectivity index (χ2n) is 4.62. The van der Waals surface area contributed by atoms with Gasteiger partial charge in [-0.3, -0.25) is 4.79 Å². The number of rotatable bonds is 3. The molecule has 5 heteroatoms. The van der Waals surface area contributed by atoms with Crippen molar-refractivity contribution in [2.75, 3.05) is 25.5 Å². The minimum Gasteiger partial charge on any atom is -0.478 e. The van der Waals surface area contributed by atoms with E-state index < -0.39 is 5.97 Å². The second-order valence-corrected chi connectivity index (χ2v) is 4.62. The molecule has 1 heterocycles. The number of nitrogens with one attached hydrogen (secondary N) is 1. The molecule has 5 nitrogen and oxygen atoms in total. The van der Waals surface area contributed by atoms with E-state index in [2.05, 4.69) is 10.2 Å². The maximum Gasteiger partial charge on any atom is 0.335 e. The van der Waals surface area contributed by atoms with Gasteiger partial charge in [0, 0.05) is 12.2 Å². The molecule has 2 N–H and O–H groups in total. The summed E-state index contributed by atoms with van der Waals surface area (Å²) >= 11 is 0. The SMILES string of the molecule is CN1CCC(C(=O)Nc2ccc(C(=O)O)cc2)C1. The van der Waals surface area contributed by atoms with Crippen LogP contribution in [-0.4, -0.2) is 42.0 Å². The number of carboxylic acid groups (broad SMARTS) is 1. The zero-order chi connectivity index (χ0) is 13.1. The fourth-order valence-corrected chi connectivity index (χ4v) is 2.09. The van der Waals surface area contributed by atoms with E-state index in [1.54, 1.807) is 12.1 Å². The van der Waals surface area contributed by atoms with Crippen molar-refractivity contribution in [3.63, 3.8) is 0 Å². The summed E-state index contributed by atoms with van der Waals surface area (Å²) in [5.74, 6) is -0.943.